The van der Waals surface area contributed by atoms with Crippen molar-refractivity contribution < 1.29 is 0 Å². The first-order valence-corrected chi connectivity index (χ1v) is 15.6. The third-order valence-corrected chi connectivity index (χ3v) is 9.19. The average molecular weight is 557 g/mol. The minimum atomic E-state index is 0.0540. The standard InChI is InChI=1S/C43H40/c1-42(2,3)34-20-22-37-39(26-34)38(24-28-15-16-29-11-7-9-13-31(29)23-28)36-21-19-35(43(4,5)6)27-40(36)41(37)33-18-17-30-12-8-10-14-32(30)25-33/h7-23,25-27H,24H2,1-6H3. The minimum absolute atomic E-state index is 0.0540. The highest BCUT2D eigenvalue weighted by Crippen LogP contribution is 2.43. The van der Waals surface area contributed by atoms with Crippen LogP contribution in [0, 0.1) is 0 Å². The first-order valence-electron chi connectivity index (χ1n) is 15.6. The van der Waals surface area contributed by atoms with Gasteiger partial charge in [0.05, 0.1) is 0 Å². The second-order valence-electron chi connectivity index (χ2n) is 14.3. The van der Waals surface area contributed by atoms with E-state index < -0.39 is 0 Å². The zero-order valence-electron chi connectivity index (χ0n) is 26.3. The molecule has 212 valence electrons. The number of benzene rings is 7. The molecule has 0 heteroatoms. The highest BCUT2D eigenvalue weighted by molar-refractivity contribution is 6.16. The Bertz CT molecular complexity index is 2160. The van der Waals surface area contributed by atoms with Crippen LogP contribution in [0.2, 0.25) is 0 Å². The summed E-state index contributed by atoms with van der Waals surface area (Å²) in [5.74, 6) is 0. The van der Waals surface area contributed by atoms with Crippen LogP contribution in [0.25, 0.3) is 54.2 Å². The highest BCUT2D eigenvalue weighted by atomic mass is 14.3. The van der Waals surface area contributed by atoms with Crippen molar-refractivity contribution in [2.45, 2.75) is 58.8 Å². The van der Waals surface area contributed by atoms with Gasteiger partial charge in [-0.1, -0.05) is 151 Å². The van der Waals surface area contributed by atoms with E-state index in [2.05, 4.69) is 163 Å². The topological polar surface area (TPSA) is 0 Å². The summed E-state index contributed by atoms with van der Waals surface area (Å²) in [7, 11) is 0. The largest absolute Gasteiger partial charge is 0.0616 e. The number of hydrogen-bond acceptors (Lipinski definition) is 0. The van der Waals surface area contributed by atoms with Gasteiger partial charge in [-0.15, -0.1) is 0 Å². The molecule has 0 heterocycles. The molecular formula is C43H40. The van der Waals surface area contributed by atoms with Crippen LogP contribution in [0.3, 0.4) is 0 Å². The summed E-state index contributed by atoms with van der Waals surface area (Å²) in [6, 6.07) is 45.8. The van der Waals surface area contributed by atoms with Gasteiger partial charge < -0.3 is 0 Å². The van der Waals surface area contributed by atoms with E-state index in [0.29, 0.717) is 0 Å². The predicted molar refractivity (Wildman–Crippen MR) is 189 cm³/mol. The summed E-state index contributed by atoms with van der Waals surface area (Å²) in [6.07, 6.45) is 0.887. The Hall–Kier alpha value is -4.42. The molecule has 0 aliphatic rings. The lowest BCUT2D eigenvalue weighted by Gasteiger charge is -2.25. The second-order valence-corrected chi connectivity index (χ2v) is 14.3. The summed E-state index contributed by atoms with van der Waals surface area (Å²) in [5.41, 5.74) is 8.22. The fraction of sp³-hybridized carbons (Fsp3) is 0.209. The Morgan fingerprint density at radius 3 is 1.58 bits per heavy atom. The van der Waals surface area contributed by atoms with Gasteiger partial charge in [-0.25, -0.2) is 0 Å². The number of hydrogen-bond donors (Lipinski definition) is 0. The van der Waals surface area contributed by atoms with E-state index in [0.717, 1.165) is 6.42 Å². The molecule has 0 aliphatic heterocycles. The van der Waals surface area contributed by atoms with E-state index in [4.69, 9.17) is 0 Å². The number of rotatable bonds is 3. The Morgan fingerprint density at radius 1 is 0.419 bits per heavy atom. The van der Waals surface area contributed by atoms with Crippen molar-refractivity contribution >= 4 is 43.1 Å². The summed E-state index contributed by atoms with van der Waals surface area (Å²) < 4.78 is 0. The van der Waals surface area contributed by atoms with Crippen molar-refractivity contribution in [3.05, 3.63) is 144 Å². The van der Waals surface area contributed by atoms with Crippen molar-refractivity contribution in [3.63, 3.8) is 0 Å². The van der Waals surface area contributed by atoms with Gasteiger partial charge in [-0.05, 0) is 106 Å². The first-order chi connectivity index (χ1) is 20.6. The van der Waals surface area contributed by atoms with Crippen LogP contribution in [-0.2, 0) is 17.3 Å². The Labute approximate surface area is 256 Å². The van der Waals surface area contributed by atoms with Crippen molar-refractivity contribution in [2.24, 2.45) is 0 Å². The van der Waals surface area contributed by atoms with Crippen LogP contribution < -0.4 is 0 Å². The molecule has 0 atom stereocenters. The molecular weight excluding hydrogens is 516 g/mol. The van der Waals surface area contributed by atoms with Gasteiger partial charge in [-0.2, -0.15) is 0 Å². The van der Waals surface area contributed by atoms with Gasteiger partial charge in [0.1, 0.15) is 0 Å². The summed E-state index contributed by atoms with van der Waals surface area (Å²) >= 11 is 0. The SMILES string of the molecule is CC(C)(C)c1ccc2c(-c3ccc4ccccc4c3)c3cc(C(C)(C)C)ccc3c(Cc3ccc4ccccc4c3)c2c1. The fourth-order valence-corrected chi connectivity index (χ4v) is 6.65. The van der Waals surface area contributed by atoms with Crippen LogP contribution in [0.1, 0.15) is 63.8 Å². The van der Waals surface area contributed by atoms with Gasteiger partial charge in [0, 0.05) is 0 Å². The smallest absolute Gasteiger partial charge is 0.00132 e. The molecule has 0 bridgehead atoms. The zero-order valence-corrected chi connectivity index (χ0v) is 26.3. The quantitative estimate of drug-likeness (QED) is 0.190. The molecule has 0 amide bonds. The minimum Gasteiger partial charge on any atom is -0.0616 e. The Balaban J connectivity index is 1.59. The maximum absolute atomic E-state index is 2.48. The maximum atomic E-state index is 2.48. The Kier molecular flexibility index (Phi) is 6.44. The van der Waals surface area contributed by atoms with E-state index >= 15 is 0 Å². The molecule has 43 heavy (non-hydrogen) atoms. The molecule has 0 radical (unpaired) electrons. The molecule has 0 spiro atoms. The molecule has 0 unspecified atom stereocenters. The molecule has 7 rings (SSSR count). The van der Waals surface area contributed by atoms with Crippen molar-refractivity contribution in [1.82, 2.24) is 0 Å². The molecule has 0 fully saturated rings. The lowest BCUT2D eigenvalue weighted by atomic mass is 9.79. The third-order valence-electron chi connectivity index (χ3n) is 9.19. The fourth-order valence-electron chi connectivity index (χ4n) is 6.65. The lowest BCUT2D eigenvalue weighted by molar-refractivity contribution is 0.590. The molecule has 0 nitrogen and oxygen atoms in total. The molecule has 0 aromatic heterocycles. The monoisotopic (exact) mass is 556 g/mol. The van der Waals surface area contributed by atoms with Crippen LogP contribution in [0.4, 0.5) is 0 Å². The van der Waals surface area contributed by atoms with E-state index in [1.807, 2.05) is 0 Å². The maximum Gasteiger partial charge on any atom is -0.00132 e. The summed E-state index contributed by atoms with van der Waals surface area (Å²) in [6.45, 7) is 13.9. The van der Waals surface area contributed by atoms with E-state index in [-0.39, 0.29) is 10.8 Å². The van der Waals surface area contributed by atoms with Crippen molar-refractivity contribution in [3.8, 4) is 11.1 Å². The molecule has 0 saturated heterocycles. The van der Waals surface area contributed by atoms with Crippen LogP contribution in [-0.4, -0.2) is 0 Å². The first kappa shape index (κ1) is 27.4. The predicted octanol–water partition coefficient (Wildman–Crippen LogP) is 12.2. The average Bonchev–Trinajstić information content (AvgIpc) is 2.99. The van der Waals surface area contributed by atoms with Crippen LogP contribution >= 0.6 is 0 Å². The van der Waals surface area contributed by atoms with Gasteiger partial charge in [0.25, 0.3) is 0 Å². The Morgan fingerprint density at radius 2 is 0.953 bits per heavy atom. The molecule has 7 aromatic rings. The molecule has 0 N–H and O–H groups in total. The van der Waals surface area contributed by atoms with E-state index in [1.54, 1.807) is 0 Å². The molecule has 0 saturated carbocycles. The van der Waals surface area contributed by atoms with Crippen molar-refractivity contribution in [1.29, 1.82) is 0 Å². The molecule has 7 aromatic carbocycles. The highest BCUT2D eigenvalue weighted by Gasteiger charge is 2.22. The van der Waals surface area contributed by atoms with Gasteiger partial charge in [0.15, 0.2) is 0 Å². The number of fused-ring (bicyclic) bond motifs is 4. The zero-order chi connectivity index (χ0) is 29.9. The van der Waals surface area contributed by atoms with Gasteiger partial charge >= 0.3 is 0 Å². The van der Waals surface area contributed by atoms with Crippen LogP contribution in [0.15, 0.2) is 121 Å². The second kappa shape index (κ2) is 10.1. The lowest BCUT2D eigenvalue weighted by Crippen LogP contribution is -2.12. The van der Waals surface area contributed by atoms with Gasteiger partial charge in [-0.3, -0.25) is 0 Å². The van der Waals surface area contributed by atoms with Crippen molar-refractivity contribution in [2.75, 3.05) is 0 Å². The van der Waals surface area contributed by atoms with E-state index in [9.17, 15) is 0 Å². The third kappa shape index (κ3) is 5.00. The van der Waals surface area contributed by atoms with Crippen LogP contribution in [0.5, 0.6) is 0 Å². The summed E-state index contributed by atoms with van der Waals surface area (Å²) in [4.78, 5) is 0. The summed E-state index contributed by atoms with van der Waals surface area (Å²) in [5, 5.41) is 10.5. The normalized spacial score (nSPS) is 12.5. The van der Waals surface area contributed by atoms with Gasteiger partial charge in [0.2, 0.25) is 0 Å². The van der Waals surface area contributed by atoms with E-state index in [1.165, 1.54) is 76.5 Å². The molecule has 0 aliphatic carbocycles.